The van der Waals surface area contributed by atoms with Gasteiger partial charge >= 0.3 is 0 Å². The number of benzene rings is 1. The predicted octanol–water partition coefficient (Wildman–Crippen LogP) is 2.56. The second-order valence-corrected chi connectivity index (χ2v) is 8.13. The molecule has 124 valence electrons. The monoisotopic (exact) mass is 324 g/mol. The Morgan fingerprint density at radius 2 is 1.92 bits per heavy atom. The lowest BCUT2D eigenvalue weighted by molar-refractivity contribution is -0.236. The number of ether oxygens (including phenoxy) is 1. The number of hydrogen-bond acceptors (Lipinski definition) is 4. The van der Waals surface area contributed by atoms with Gasteiger partial charge in [-0.15, -0.1) is 0 Å². The fourth-order valence-corrected chi connectivity index (χ4v) is 5.83. The number of fused-ring (bicyclic) bond motifs is 1. The molecule has 0 amide bonds. The number of carbonyl (C=O) groups excluding carboxylic acids is 2. The molecule has 4 heteroatoms. The standard InChI is InChI=1S/C20H20O4/c1-18(10-21)13-7-8-19(2)14(13)9-15-16(22)11-5-3-4-6-12(11)17(23)20(15,18)24-19/h3-6,9,13-14,21H,7-8,10H2,1-2H3/t13-,14-,18-,19+,20-/m0/s1. The smallest absolute Gasteiger partial charge is 0.200 e. The molecule has 5 aliphatic rings. The lowest BCUT2D eigenvalue weighted by atomic mass is 9.49. The minimum atomic E-state index is -1.35. The van der Waals surface area contributed by atoms with Gasteiger partial charge in [0.1, 0.15) is 0 Å². The van der Waals surface area contributed by atoms with E-state index in [1.54, 1.807) is 24.3 Å². The van der Waals surface area contributed by atoms with Gasteiger partial charge in [-0.25, -0.2) is 0 Å². The first-order valence-electron chi connectivity index (χ1n) is 8.61. The van der Waals surface area contributed by atoms with Crippen molar-refractivity contribution in [1.82, 2.24) is 0 Å². The maximum absolute atomic E-state index is 13.6. The largest absolute Gasteiger partial charge is 0.396 e. The Hall–Kier alpha value is -1.78. The molecule has 2 aliphatic heterocycles. The summed E-state index contributed by atoms with van der Waals surface area (Å²) in [6, 6.07) is 6.96. The molecule has 0 unspecified atom stereocenters. The summed E-state index contributed by atoms with van der Waals surface area (Å²) in [6.07, 6.45) is 3.76. The van der Waals surface area contributed by atoms with E-state index in [-0.39, 0.29) is 30.0 Å². The van der Waals surface area contributed by atoms with E-state index in [0.717, 1.165) is 12.8 Å². The Morgan fingerprint density at radius 1 is 1.21 bits per heavy atom. The second-order valence-electron chi connectivity index (χ2n) is 8.13. The van der Waals surface area contributed by atoms with Crippen LogP contribution in [0.3, 0.4) is 0 Å². The first kappa shape index (κ1) is 14.6. The Balaban J connectivity index is 1.87. The van der Waals surface area contributed by atoms with Crippen LogP contribution in [0.1, 0.15) is 47.4 Å². The molecule has 0 radical (unpaired) electrons. The fraction of sp³-hybridized carbons (Fsp3) is 0.500. The molecule has 1 saturated heterocycles. The van der Waals surface area contributed by atoms with Crippen molar-refractivity contribution in [2.45, 2.75) is 37.9 Å². The zero-order valence-electron chi connectivity index (χ0n) is 13.8. The number of hydrogen-bond donors (Lipinski definition) is 1. The summed E-state index contributed by atoms with van der Waals surface area (Å²) >= 11 is 0. The second kappa shape index (κ2) is 4.06. The summed E-state index contributed by atoms with van der Waals surface area (Å²) in [4.78, 5) is 26.7. The third-order valence-electron chi connectivity index (χ3n) is 7.13. The van der Waals surface area contributed by atoms with Crippen molar-refractivity contribution in [3.05, 3.63) is 47.0 Å². The third kappa shape index (κ3) is 1.25. The summed E-state index contributed by atoms with van der Waals surface area (Å²) in [7, 11) is 0. The third-order valence-corrected chi connectivity index (χ3v) is 7.13. The van der Waals surface area contributed by atoms with Crippen LogP contribution >= 0.6 is 0 Å². The number of aliphatic hydroxyl groups excluding tert-OH is 1. The lowest BCUT2D eigenvalue weighted by Crippen LogP contribution is -2.72. The summed E-state index contributed by atoms with van der Waals surface area (Å²) in [5, 5.41) is 10.3. The van der Waals surface area contributed by atoms with Crippen molar-refractivity contribution in [1.29, 1.82) is 0 Å². The quantitative estimate of drug-likeness (QED) is 0.862. The van der Waals surface area contributed by atoms with Crippen molar-refractivity contribution in [2.75, 3.05) is 6.61 Å². The lowest BCUT2D eigenvalue weighted by Gasteiger charge is -2.63. The Bertz CT molecular complexity index is 840. The normalized spacial score (nSPS) is 45.0. The molecule has 4 nitrogen and oxygen atoms in total. The average Bonchev–Trinajstić information content (AvgIpc) is 2.90. The van der Waals surface area contributed by atoms with E-state index in [4.69, 9.17) is 4.74 Å². The van der Waals surface area contributed by atoms with Crippen LogP contribution in [0.5, 0.6) is 0 Å². The maximum Gasteiger partial charge on any atom is 0.200 e. The Morgan fingerprint density at radius 3 is 2.62 bits per heavy atom. The zero-order valence-corrected chi connectivity index (χ0v) is 13.8. The van der Waals surface area contributed by atoms with Gasteiger partial charge in [-0.3, -0.25) is 9.59 Å². The van der Waals surface area contributed by atoms with Gasteiger partial charge in [-0.2, -0.15) is 0 Å². The molecule has 1 aromatic carbocycles. The van der Waals surface area contributed by atoms with Crippen molar-refractivity contribution >= 4 is 11.6 Å². The first-order valence-corrected chi connectivity index (χ1v) is 8.61. The molecule has 6 rings (SSSR count). The highest BCUT2D eigenvalue weighted by Crippen LogP contribution is 2.68. The number of carbonyl (C=O) groups is 2. The summed E-state index contributed by atoms with van der Waals surface area (Å²) in [5.41, 5.74) is -1.22. The summed E-state index contributed by atoms with van der Waals surface area (Å²) < 4.78 is 6.50. The van der Waals surface area contributed by atoms with E-state index in [1.807, 2.05) is 19.9 Å². The fourth-order valence-electron chi connectivity index (χ4n) is 5.83. The average molecular weight is 324 g/mol. The Labute approximate surface area is 140 Å². The summed E-state index contributed by atoms with van der Waals surface area (Å²) in [6.45, 7) is 3.80. The zero-order chi connectivity index (χ0) is 16.9. The van der Waals surface area contributed by atoms with Crippen molar-refractivity contribution < 1.29 is 19.4 Å². The molecular weight excluding hydrogens is 304 g/mol. The van der Waals surface area contributed by atoms with Crippen LogP contribution in [0.15, 0.2) is 35.9 Å². The van der Waals surface area contributed by atoms with Gasteiger partial charge in [0, 0.05) is 28.0 Å². The molecule has 1 saturated carbocycles. The predicted molar refractivity (Wildman–Crippen MR) is 86.8 cm³/mol. The van der Waals surface area contributed by atoms with Crippen LogP contribution in [-0.2, 0) is 4.74 Å². The van der Waals surface area contributed by atoms with Crippen molar-refractivity contribution in [2.24, 2.45) is 17.3 Å². The molecule has 2 fully saturated rings. The maximum atomic E-state index is 13.6. The molecule has 2 heterocycles. The Kier molecular flexibility index (Phi) is 2.46. The summed E-state index contributed by atoms with van der Waals surface area (Å²) in [5.74, 6) is -0.0606. The van der Waals surface area contributed by atoms with Crippen molar-refractivity contribution in [3.8, 4) is 0 Å². The highest BCUT2D eigenvalue weighted by Gasteiger charge is 2.75. The minimum Gasteiger partial charge on any atom is -0.396 e. The van der Waals surface area contributed by atoms with Gasteiger partial charge in [0.15, 0.2) is 11.4 Å². The molecule has 4 bridgehead atoms. The number of Topliss-reactive ketones (excluding diaryl/α,β-unsaturated/α-hetero) is 2. The highest BCUT2D eigenvalue weighted by molar-refractivity contribution is 6.27. The van der Waals surface area contributed by atoms with E-state index >= 15 is 0 Å². The molecular formula is C20H20O4. The van der Waals surface area contributed by atoms with Gasteiger partial charge in [-0.05, 0) is 25.7 Å². The molecule has 1 spiro atoms. The van der Waals surface area contributed by atoms with E-state index in [2.05, 4.69) is 0 Å². The minimum absolute atomic E-state index is 0.0773. The molecule has 24 heavy (non-hydrogen) atoms. The van der Waals surface area contributed by atoms with Gasteiger partial charge in [0.05, 0.1) is 12.2 Å². The van der Waals surface area contributed by atoms with Crippen LogP contribution in [0, 0.1) is 17.3 Å². The van der Waals surface area contributed by atoms with E-state index in [9.17, 15) is 14.7 Å². The number of aliphatic hydroxyl groups is 1. The van der Waals surface area contributed by atoms with Crippen LogP contribution in [0.25, 0.3) is 0 Å². The SMILES string of the molecule is C[C@@]12CC[C@H]3[C@@H]1C=C1C(=O)c4ccccc4C(=O)[C@]1(O2)[C@@]3(C)CO. The highest BCUT2D eigenvalue weighted by atomic mass is 16.5. The van der Waals surface area contributed by atoms with E-state index < -0.39 is 16.6 Å². The number of rotatable bonds is 1. The van der Waals surface area contributed by atoms with Crippen LogP contribution in [0.2, 0.25) is 0 Å². The first-order chi connectivity index (χ1) is 11.4. The van der Waals surface area contributed by atoms with Gasteiger partial charge < -0.3 is 9.84 Å². The molecule has 1 aromatic rings. The van der Waals surface area contributed by atoms with Crippen LogP contribution in [0.4, 0.5) is 0 Å². The molecule has 0 aromatic heterocycles. The van der Waals surface area contributed by atoms with E-state index in [0.29, 0.717) is 16.7 Å². The van der Waals surface area contributed by atoms with Gasteiger partial charge in [0.25, 0.3) is 0 Å². The van der Waals surface area contributed by atoms with Crippen molar-refractivity contribution in [3.63, 3.8) is 0 Å². The van der Waals surface area contributed by atoms with Gasteiger partial charge in [0.2, 0.25) is 5.78 Å². The van der Waals surface area contributed by atoms with Gasteiger partial charge in [-0.1, -0.05) is 37.3 Å². The van der Waals surface area contributed by atoms with Crippen LogP contribution in [-0.4, -0.2) is 34.5 Å². The number of ketones is 2. The molecule has 3 aliphatic carbocycles. The molecule has 5 atom stereocenters. The van der Waals surface area contributed by atoms with E-state index in [1.165, 1.54) is 0 Å². The van der Waals surface area contributed by atoms with Crippen LogP contribution < -0.4 is 0 Å². The molecule has 1 N–H and O–H groups in total. The topological polar surface area (TPSA) is 63.6 Å².